The maximum atomic E-state index is 11.9. The molecule has 0 radical (unpaired) electrons. The van der Waals surface area contributed by atoms with Crippen LogP contribution in [0.2, 0.25) is 5.02 Å². The lowest BCUT2D eigenvalue weighted by molar-refractivity contribution is -0.140. The Balaban J connectivity index is 0.00000361. The van der Waals surface area contributed by atoms with Gasteiger partial charge in [0.1, 0.15) is 5.75 Å². The molecule has 1 aromatic carbocycles. The highest BCUT2D eigenvalue weighted by atomic mass is 35.5. The van der Waals surface area contributed by atoms with Crippen molar-refractivity contribution < 1.29 is 19.1 Å². The number of benzene rings is 1. The molecular weight excluding hydrogens is 307 g/mol. The summed E-state index contributed by atoms with van der Waals surface area (Å²) in [7, 11) is 2.71. The van der Waals surface area contributed by atoms with Gasteiger partial charge in [-0.25, -0.2) is 0 Å². The quantitative estimate of drug-likeness (QED) is 0.635. The summed E-state index contributed by atoms with van der Waals surface area (Å²) in [5.74, 6) is -0.484. The molecule has 0 fully saturated rings. The molecule has 0 aliphatic carbocycles. The van der Waals surface area contributed by atoms with Crippen LogP contribution in [-0.4, -0.2) is 32.6 Å². The number of hydrogen-bond acceptors (Lipinski definition) is 5. The molecule has 0 saturated heterocycles. The summed E-state index contributed by atoms with van der Waals surface area (Å²) in [4.78, 5) is 22.8. The molecule has 112 valence electrons. The molecule has 1 amide bonds. The third-order valence-electron chi connectivity index (χ3n) is 2.41. The normalized spacial score (nSPS) is 9.35. The summed E-state index contributed by atoms with van der Waals surface area (Å²) in [6.07, 6.45) is 0.0905. The van der Waals surface area contributed by atoms with Crippen LogP contribution in [0.5, 0.6) is 5.75 Å². The number of ether oxygens (including phenoxy) is 2. The van der Waals surface area contributed by atoms with Gasteiger partial charge in [0.2, 0.25) is 0 Å². The topological polar surface area (TPSA) is 90.7 Å². The van der Waals surface area contributed by atoms with E-state index in [1.807, 2.05) is 0 Å². The number of rotatable bonds is 5. The van der Waals surface area contributed by atoms with Gasteiger partial charge in [-0.05, 0) is 6.07 Å². The molecule has 0 bridgehead atoms. The van der Waals surface area contributed by atoms with Crippen LogP contribution < -0.4 is 15.8 Å². The number of methoxy groups -OCH3 is 2. The van der Waals surface area contributed by atoms with Crippen molar-refractivity contribution in [3.05, 3.63) is 22.7 Å². The fraction of sp³-hybridized carbons (Fsp3) is 0.333. The smallest absolute Gasteiger partial charge is 0.307 e. The first kappa shape index (κ1) is 18.3. The van der Waals surface area contributed by atoms with Crippen LogP contribution in [0.4, 0.5) is 5.69 Å². The predicted molar refractivity (Wildman–Crippen MR) is 78.6 cm³/mol. The molecule has 1 rings (SSSR count). The third-order valence-corrected chi connectivity index (χ3v) is 2.73. The number of nitrogens with one attached hydrogen (secondary N) is 1. The maximum absolute atomic E-state index is 11.9. The lowest BCUT2D eigenvalue weighted by Crippen LogP contribution is -2.26. The van der Waals surface area contributed by atoms with E-state index in [0.717, 1.165) is 0 Å². The second-order valence-corrected chi connectivity index (χ2v) is 4.06. The molecule has 3 N–H and O–H groups in total. The van der Waals surface area contributed by atoms with Crippen LogP contribution in [0.1, 0.15) is 16.8 Å². The summed E-state index contributed by atoms with van der Waals surface area (Å²) >= 11 is 5.86. The molecule has 20 heavy (non-hydrogen) atoms. The zero-order valence-electron chi connectivity index (χ0n) is 11.1. The Labute approximate surface area is 128 Å². The molecule has 1 aromatic rings. The van der Waals surface area contributed by atoms with Crippen molar-refractivity contribution in [2.75, 3.05) is 26.5 Å². The highest BCUT2D eigenvalue weighted by molar-refractivity contribution is 6.33. The number of amides is 1. The van der Waals surface area contributed by atoms with Gasteiger partial charge in [0.25, 0.3) is 5.91 Å². The first-order chi connectivity index (χ1) is 8.99. The number of halogens is 2. The maximum Gasteiger partial charge on any atom is 0.307 e. The fourth-order valence-electron chi connectivity index (χ4n) is 1.39. The van der Waals surface area contributed by atoms with Crippen molar-refractivity contribution in [2.45, 2.75) is 6.42 Å². The number of anilines is 1. The standard InChI is InChI=1S/C12H15ClN2O4.ClH/c1-18-10-6-9(14)8(13)5-7(10)12(17)15-4-3-11(16)19-2;/h5-6H,3-4,14H2,1-2H3,(H,15,17);1H. The van der Waals surface area contributed by atoms with Crippen molar-refractivity contribution in [2.24, 2.45) is 0 Å². The number of nitrogens with two attached hydrogens (primary N) is 1. The van der Waals surface area contributed by atoms with Crippen molar-refractivity contribution in [1.82, 2.24) is 5.32 Å². The molecule has 0 aliphatic rings. The van der Waals surface area contributed by atoms with Gasteiger partial charge in [-0.3, -0.25) is 9.59 Å². The monoisotopic (exact) mass is 322 g/mol. The third kappa shape index (κ3) is 4.79. The van der Waals surface area contributed by atoms with Crippen molar-refractivity contribution in [1.29, 1.82) is 0 Å². The van der Waals surface area contributed by atoms with Crippen LogP contribution in [0.15, 0.2) is 12.1 Å². The molecule has 0 aliphatic heterocycles. The second-order valence-electron chi connectivity index (χ2n) is 3.66. The van der Waals surface area contributed by atoms with E-state index in [1.165, 1.54) is 26.4 Å². The van der Waals surface area contributed by atoms with Gasteiger partial charge in [0.15, 0.2) is 0 Å². The Morgan fingerprint density at radius 2 is 2.00 bits per heavy atom. The zero-order valence-corrected chi connectivity index (χ0v) is 12.6. The lowest BCUT2D eigenvalue weighted by Gasteiger charge is -2.11. The largest absolute Gasteiger partial charge is 0.496 e. The van der Waals surface area contributed by atoms with Gasteiger partial charge in [0.05, 0.1) is 36.9 Å². The average Bonchev–Trinajstić information content (AvgIpc) is 2.40. The summed E-state index contributed by atoms with van der Waals surface area (Å²) < 4.78 is 9.52. The van der Waals surface area contributed by atoms with E-state index in [4.69, 9.17) is 22.1 Å². The Morgan fingerprint density at radius 3 is 2.55 bits per heavy atom. The summed E-state index contributed by atoms with van der Waals surface area (Å²) in [5.41, 5.74) is 6.20. The number of nitrogen functional groups attached to an aromatic ring is 1. The predicted octanol–water partition coefficient (Wildman–Crippen LogP) is 1.65. The van der Waals surface area contributed by atoms with E-state index >= 15 is 0 Å². The highest BCUT2D eigenvalue weighted by Gasteiger charge is 2.15. The van der Waals surface area contributed by atoms with Gasteiger partial charge in [0, 0.05) is 12.6 Å². The van der Waals surface area contributed by atoms with Gasteiger partial charge in [-0.1, -0.05) is 11.6 Å². The summed E-state index contributed by atoms with van der Waals surface area (Å²) in [6, 6.07) is 2.89. The number of hydrogen-bond donors (Lipinski definition) is 2. The first-order valence-corrected chi connectivity index (χ1v) is 5.85. The van der Waals surface area contributed by atoms with Crippen LogP contribution >= 0.6 is 24.0 Å². The highest BCUT2D eigenvalue weighted by Crippen LogP contribution is 2.28. The van der Waals surface area contributed by atoms with Crippen LogP contribution in [0, 0.1) is 0 Å². The Kier molecular flexibility index (Phi) is 7.79. The van der Waals surface area contributed by atoms with E-state index in [9.17, 15) is 9.59 Å². The Bertz CT molecular complexity index is 495. The number of esters is 1. The SMILES string of the molecule is COC(=O)CCNC(=O)c1cc(Cl)c(N)cc1OC.Cl. The van der Waals surface area contributed by atoms with E-state index in [-0.39, 0.29) is 36.0 Å². The molecule has 8 heteroatoms. The minimum absolute atomic E-state index is 0. The van der Waals surface area contributed by atoms with Gasteiger partial charge >= 0.3 is 5.97 Å². The average molecular weight is 323 g/mol. The minimum atomic E-state index is -0.400. The van der Waals surface area contributed by atoms with Crippen LogP contribution in [-0.2, 0) is 9.53 Å². The molecule has 0 heterocycles. The molecule has 0 unspecified atom stereocenters. The molecule has 6 nitrogen and oxygen atoms in total. The Hall–Kier alpha value is -1.66. The first-order valence-electron chi connectivity index (χ1n) is 5.47. The van der Waals surface area contributed by atoms with Gasteiger partial charge in [-0.15, -0.1) is 12.4 Å². The molecule has 0 saturated carbocycles. The number of carbonyl (C=O) groups is 2. The second kappa shape index (κ2) is 8.50. The molecule has 0 spiro atoms. The van der Waals surface area contributed by atoms with Crippen molar-refractivity contribution in [3.8, 4) is 5.75 Å². The number of carbonyl (C=O) groups excluding carboxylic acids is 2. The lowest BCUT2D eigenvalue weighted by atomic mass is 10.1. The molecular formula is C12H16Cl2N2O4. The van der Waals surface area contributed by atoms with Crippen molar-refractivity contribution >= 4 is 41.6 Å². The van der Waals surface area contributed by atoms with Gasteiger partial charge < -0.3 is 20.5 Å². The molecule has 0 atom stereocenters. The van der Waals surface area contributed by atoms with Gasteiger partial charge in [-0.2, -0.15) is 0 Å². The summed E-state index contributed by atoms with van der Waals surface area (Å²) in [5, 5.41) is 2.83. The van der Waals surface area contributed by atoms with E-state index in [2.05, 4.69) is 10.1 Å². The van der Waals surface area contributed by atoms with Crippen LogP contribution in [0.25, 0.3) is 0 Å². The van der Waals surface area contributed by atoms with Crippen LogP contribution in [0.3, 0.4) is 0 Å². The minimum Gasteiger partial charge on any atom is -0.496 e. The summed E-state index contributed by atoms with van der Waals surface area (Å²) in [6.45, 7) is 0.163. The Morgan fingerprint density at radius 1 is 1.35 bits per heavy atom. The molecule has 0 aromatic heterocycles. The zero-order chi connectivity index (χ0) is 14.4. The van der Waals surface area contributed by atoms with E-state index < -0.39 is 11.9 Å². The van der Waals surface area contributed by atoms with Crippen molar-refractivity contribution in [3.63, 3.8) is 0 Å². The van der Waals surface area contributed by atoms with E-state index in [1.54, 1.807) is 0 Å². The van der Waals surface area contributed by atoms with E-state index in [0.29, 0.717) is 11.4 Å². The fourth-order valence-corrected chi connectivity index (χ4v) is 1.55.